The Labute approximate surface area is 211 Å². The fraction of sp³-hybridized carbons (Fsp3) is 0.867. The van der Waals surface area contributed by atoms with Crippen molar-refractivity contribution < 1.29 is 20.2 Å². The summed E-state index contributed by atoms with van der Waals surface area (Å²) in [5, 5.41) is 34.4. The lowest BCUT2D eigenvalue weighted by atomic mass is 9.33. The summed E-state index contributed by atoms with van der Waals surface area (Å²) in [4.78, 5) is 12.8. The first kappa shape index (κ1) is 25.3. The molecule has 0 aromatic rings. The number of carbonyl (C=O) groups is 1. The molecule has 0 saturated heterocycles. The number of aliphatic carboxylic acids is 1. The third-order valence-corrected chi connectivity index (χ3v) is 13.1. The summed E-state index contributed by atoms with van der Waals surface area (Å²) in [5.74, 6) is 0.284. The minimum atomic E-state index is -0.601. The number of hydrogen-bond acceptors (Lipinski definition) is 4. The first-order valence-corrected chi connectivity index (χ1v) is 14.0. The molecule has 0 aromatic carbocycles. The van der Waals surface area contributed by atoms with Gasteiger partial charge in [0.1, 0.15) is 0 Å². The van der Waals surface area contributed by atoms with E-state index in [1.807, 2.05) is 0 Å². The quantitative estimate of drug-likeness (QED) is 0.176. The Morgan fingerprint density at radius 2 is 1.66 bits per heavy atom. The van der Waals surface area contributed by atoms with Crippen molar-refractivity contribution in [3.63, 3.8) is 0 Å². The van der Waals surface area contributed by atoms with Gasteiger partial charge < -0.3 is 15.4 Å². The van der Waals surface area contributed by atoms with Crippen molar-refractivity contribution in [1.29, 1.82) is 0 Å². The maximum absolute atomic E-state index is 12.8. The summed E-state index contributed by atoms with van der Waals surface area (Å²) in [6, 6.07) is 0. The highest BCUT2D eigenvalue weighted by molar-refractivity contribution is 5.76. The summed E-state index contributed by atoms with van der Waals surface area (Å²) >= 11 is 0. The first-order valence-electron chi connectivity index (χ1n) is 14.0. The van der Waals surface area contributed by atoms with E-state index in [1.54, 1.807) is 6.21 Å². The SMILES string of the molecule is CC1(C)CC[C@]2(C(=O)O)CC[C@]3(C)C(=CC[C@@H]4[C@@]5(C)CC[C@H](O)[C@@](C)(/C=N/O)[C@@H]5CC[C@]43C)[C@@H]2C1. The van der Waals surface area contributed by atoms with Gasteiger partial charge in [-0.3, -0.25) is 4.79 Å². The zero-order valence-corrected chi connectivity index (χ0v) is 22.7. The molecule has 5 nitrogen and oxygen atoms in total. The number of oxime groups is 1. The molecule has 0 heterocycles. The topological polar surface area (TPSA) is 90.1 Å². The van der Waals surface area contributed by atoms with Crippen molar-refractivity contribution in [1.82, 2.24) is 0 Å². The van der Waals surface area contributed by atoms with Gasteiger partial charge in [-0.25, -0.2) is 0 Å². The van der Waals surface area contributed by atoms with Gasteiger partial charge in [0.15, 0.2) is 0 Å². The van der Waals surface area contributed by atoms with Crippen molar-refractivity contribution >= 4 is 12.2 Å². The van der Waals surface area contributed by atoms with Crippen LogP contribution in [-0.4, -0.2) is 33.7 Å². The van der Waals surface area contributed by atoms with Gasteiger partial charge in [0.05, 0.1) is 17.7 Å². The summed E-state index contributed by atoms with van der Waals surface area (Å²) in [7, 11) is 0. The fourth-order valence-electron chi connectivity index (χ4n) is 10.7. The lowest BCUT2D eigenvalue weighted by Crippen LogP contribution is -2.65. The molecule has 0 spiro atoms. The van der Waals surface area contributed by atoms with Gasteiger partial charge in [-0.15, -0.1) is 5.16 Å². The Morgan fingerprint density at radius 3 is 2.31 bits per heavy atom. The van der Waals surface area contributed by atoms with E-state index >= 15 is 0 Å². The lowest BCUT2D eigenvalue weighted by molar-refractivity contribution is -0.195. The molecule has 0 radical (unpaired) electrons. The molecule has 35 heavy (non-hydrogen) atoms. The van der Waals surface area contributed by atoms with Gasteiger partial charge in [-0.05, 0) is 104 Å². The van der Waals surface area contributed by atoms with Crippen molar-refractivity contribution in [2.75, 3.05) is 0 Å². The van der Waals surface area contributed by atoms with Crippen LogP contribution in [0.15, 0.2) is 16.8 Å². The molecule has 0 unspecified atom stereocenters. The molecule has 3 N–H and O–H groups in total. The maximum Gasteiger partial charge on any atom is 0.310 e. The highest BCUT2D eigenvalue weighted by Gasteiger charge is 2.69. The Kier molecular flexibility index (Phi) is 5.48. The van der Waals surface area contributed by atoms with Crippen LogP contribution >= 0.6 is 0 Å². The molecule has 5 rings (SSSR count). The smallest absolute Gasteiger partial charge is 0.310 e. The second kappa shape index (κ2) is 7.58. The van der Waals surface area contributed by atoms with E-state index in [4.69, 9.17) is 0 Å². The Hall–Kier alpha value is -1.36. The molecule has 4 saturated carbocycles. The summed E-state index contributed by atoms with van der Waals surface area (Å²) < 4.78 is 0. The minimum Gasteiger partial charge on any atom is -0.481 e. The standard InChI is InChI=1S/C30H47NO4/c1-25(2)13-15-30(24(33)34)16-14-28(5)19(20(30)17-25)7-8-22-26(3)11-10-23(32)27(4,18-31-35)21(26)9-12-29(22,28)6/h7,18,20-23,32,35H,8-17H2,1-6H3,(H,33,34)/b31-18+/t20-,21+,22+,23-,26-,27-,28+,29+,30-/m0/s1. The zero-order valence-electron chi connectivity index (χ0n) is 22.7. The maximum atomic E-state index is 12.8. The van der Waals surface area contributed by atoms with Crippen LogP contribution in [0, 0.1) is 50.2 Å². The number of carboxylic acids is 1. The predicted molar refractivity (Wildman–Crippen MR) is 137 cm³/mol. The molecule has 0 amide bonds. The normalized spacial score (nSPS) is 53.1. The number of carboxylic acid groups (broad SMARTS) is 1. The van der Waals surface area contributed by atoms with E-state index in [0.717, 1.165) is 64.2 Å². The van der Waals surface area contributed by atoms with Crippen LogP contribution < -0.4 is 0 Å². The fourth-order valence-corrected chi connectivity index (χ4v) is 10.7. The Bertz CT molecular complexity index is 971. The summed E-state index contributed by atoms with van der Waals surface area (Å²) in [5.41, 5.74) is 0.639. The molecule has 5 heteroatoms. The Morgan fingerprint density at radius 1 is 0.971 bits per heavy atom. The van der Waals surface area contributed by atoms with Crippen molar-refractivity contribution in [3.8, 4) is 0 Å². The number of rotatable bonds is 2. The molecule has 0 aliphatic heterocycles. The van der Waals surface area contributed by atoms with E-state index in [-0.39, 0.29) is 33.5 Å². The number of aliphatic hydroxyl groups excluding tert-OH is 1. The molecule has 4 fully saturated rings. The average molecular weight is 486 g/mol. The number of hydrogen-bond donors (Lipinski definition) is 3. The Balaban J connectivity index is 1.60. The van der Waals surface area contributed by atoms with Crippen LogP contribution in [0.4, 0.5) is 0 Å². The second-order valence-corrected chi connectivity index (χ2v) is 14.8. The van der Waals surface area contributed by atoms with Crippen LogP contribution in [0.2, 0.25) is 0 Å². The monoisotopic (exact) mass is 485 g/mol. The average Bonchev–Trinajstić information content (AvgIpc) is 2.77. The van der Waals surface area contributed by atoms with Gasteiger partial charge in [-0.1, -0.05) is 53.2 Å². The third kappa shape index (κ3) is 3.09. The summed E-state index contributed by atoms with van der Waals surface area (Å²) in [6.45, 7) is 14.1. The zero-order chi connectivity index (χ0) is 25.7. The van der Waals surface area contributed by atoms with Crippen molar-refractivity contribution in [2.24, 2.45) is 55.4 Å². The minimum absolute atomic E-state index is 0.00152. The van der Waals surface area contributed by atoms with E-state index < -0.39 is 22.9 Å². The van der Waals surface area contributed by atoms with Crippen LogP contribution in [0.3, 0.4) is 0 Å². The lowest BCUT2D eigenvalue weighted by Gasteiger charge is -2.71. The van der Waals surface area contributed by atoms with E-state index in [9.17, 15) is 20.2 Å². The molecule has 5 aliphatic rings. The molecular formula is C30H47NO4. The highest BCUT2D eigenvalue weighted by Crippen LogP contribution is 2.75. The van der Waals surface area contributed by atoms with E-state index in [1.165, 1.54) is 5.57 Å². The molecule has 9 atom stereocenters. The molecule has 0 bridgehead atoms. The van der Waals surface area contributed by atoms with Crippen molar-refractivity contribution in [2.45, 2.75) is 112 Å². The predicted octanol–water partition coefficient (Wildman–Crippen LogP) is 6.67. The van der Waals surface area contributed by atoms with Crippen LogP contribution in [-0.2, 0) is 4.79 Å². The first-order chi connectivity index (χ1) is 16.2. The van der Waals surface area contributed by atoms with Crippen LogP contribution in [0.1, 0.15) is 106 Å². The van der Waals surface area contributed by atoms with E-state index in [2.05, 4.69) is 52.8 Å². The number of nitrogens with zero attached hydrogens (tertiary/aromatic N) is 1. The largest absolute Gasteiger partial charge is 0.481 e. The number of allylic oxidation sites excluding steroid dienone is 2. The number of fused-ring (bicyclic) bond motifs is 7. The highest BCUT2D eigenvalue weighted by atomic mass is 16.4. The second-order valence-electron chi connectivity index (χ2n) is 14.8. The van der Waals surface area contributed by atoms with Crippen LogP contribution in [0.25, 0.3) is 0 Å². The van der Waals surface area contributed by atoms with Gasteiger partial charge in [0.25, 0.3) is 0 Å². The molecular weight excluding hydrogens is 438 g/mol. The number of aliphatic hydroxyl groups is 1. The molecule has 196 valence electrons. The molecule has 0 aromatic heterocycles. The van der Waals surface area contributed by atoms with Gasteiger partial charge >= 0.3 is 5.97 Å². The summed E-state index contributed by atoms with van der Waals surface area (Å²) in [6.07, 6.45) is 12.9. The van der Waals surface area contributed by atoms with Gasteiger partial charge in [0, 0.05) is 5.41 Å². The van der Waals surface area contributed by atoms with Gasteiger partial charge in [0.2, 0.25) is 0 Å². The van der Waals surface area contributed by atoms with E-state index in [0.29, 0.717) is 5.92 Å². The van der Waals surface area contributed by atoms with Crippen molar-refractivity contribution in [3.05, 3.63) is 11.6 Å². The third-order valence-electron chi connectivity index (χ3n) is 13.1. The van der Waals surface area contributed by atoms with Gasteiger partial charge in [-0.2, -0.15) is 0 Å². The molecule has 5 aliphatic carbocycles. The van der Waals surface area contributed by atoms with Crippen LogP contribution in [0.5, 0.6) is 0 Å².